The summed E-state index contributed by atoms with van der Waals surface area (Å²) in [6, 6.07) is 2.95. The highest BCUT2D eigenvalue weighted by molar-refractivity contribution is 9.10. The van der Waals surface area contributed by atoms with Gasteiger partial charge in [0.2, 0.25) is 0 Å². The normalized spacial score (nSPS) is 11.5. The van der Waals surface area contributed by atoms with E-state index in [0.29, 0.717) is 36.5 Å². The van der Waals surface area contributed by atoms with Gasteiger partial charge in [0, 0.05) is 23.5 Å². The van der Waals surface area contributed by atoms with Crippen LogP contribution in [0.3, 0.4) is 0 Å². The first-order valence-corrected chi connectivity index (χ1v) is 7.47. The molecule has 1 aromatic carbocycles. The third-order valence-corrected chi connectivity index (χ3v) is 3.36. The first-order chi connectivity index (χ1) is 9.86. The quantitative estimate of drug-likeness (QED) is 0.569. The summed E-state index contributed by atoms with van der Waals surface area (Å²) in [5.41, 5.74) is -0.909. The van der Waals surface area contributed by atoms with Crippen molar-refractivity contribution in [2.75, 3.05) is 25.6 Å². The Morgan fingerprint density at radius 3 is 2.67 bits per heavy atom. The van der Waals surface area contributed by atoms with Gasteiger partial charge >= 0.3 is 6.18 Å². The van der Waals surface area contributed by atoms with Gasteiger partial charge in [-0.15, -0.1) is 11.6 Å². The van der Waals surface area contributed by atoms with E-state index in [1.54, 1.807) is 0 Å². The zero-order valence-electron chi connectivity index (χ0n) is 11.0. The summed E-state index contributed by atoms with van der Waals surface area (Å²) >= 11 is 8.50. The molecule has 0 saturated heterocycles. The SMILES string of the molecule is O=C(NCCCOCCCl)c1cc(C(F)(F)F)ccc1Br. The topological polar surface area (TPSA) is 38.3 Å². The van der Waals surface area contributed by atoms with Crippen molar-refractivity contribution in [2.45, 2.75) is 12.6 Å². The number of benzene rings is 1. The van der Waals surface area contributed by atoms with Gasteiger partial charge in [0.25, 0.3) is 5.91 Å². The van der Waals surface area contributed by atoms with E-state index in [0.717, 1.165) is 12.1 Å². The van der Waals surface area contributed by atoms with Gasteiger partial charge in [0.05, 0.1) is 17.7 Å². The summed E-state index contributed by atoms with van der Waals surface area (Å²) in [7, 11) is 0. The molecule has 0 aliphatic rings. The van der Waals surface area contributed by atoms with Crippen LogP contribution in [0.1, 0.15) is 22.3 Å². The van der Waals surface area contributed by atoms with Crippen molar-refractivity contribution in [1.29, 1.82) is 0 Å². The lowest BCUT2D eigenvalue weighted by atomic mass is 10.1. The second kappa shape index (κ2) is 8.60. The molecule has 118 valence electrons. The molecule has 3 nitrogen and oxygen atoms in total. The summed E-state index contributed by atoms with van der Waals surface area (Å²) in [6.07, 6.45) is -3.93. The monoisotopic (exact) mass is 387 g/mol. The minimum Gasteiger partial charge on any atom is -0.380 e. The van der Waals surface area contributed by atoms with Crippen LogP contribution in [-0.2, 0) is 10.9 Å². The van der Waals surface area contributed by atoms with Crippen molar-refractivity contribution in [3.63, 3.8) is 0 Å². The minimum atomic E-state index is -4.48. The van der Waals surface area contributed by atoms with Crippen molar-refractivity contribution >= 4 is 33.4 Å². The van der Waals surface area contributed by atoms with Crippen molar-refractivity contribution in [3.8, 4) is 0 Å². The molecule has 0 saturated carbocycles. The van der Waals surface area contributed by atoms with E-state index in [1.807, 2.05) is 0 Å². The van der Waals surface area contributed by atoms with Crippen molar-refractivity contribution < 1.29 is 22.7 Å². The van der Waals surface area contributed by atoms with Gasteiger partial charge in [-0.05, 0) is 40.5 Å². The molecule has 1 amide bonds. The predicted molar refractivity (Wildman–Crippen MR) is 77.6 cm³/mol. The number of hydrogen-bond donors (Lipinski definition) is 1. The maximum Gasteiger partial charge on any atom is 0.416 e. The second-order valence-electron chi connectivity index (χ2n) is 4.10. The van der Waals surface area contributed by atoms with E-state index in [9.17, 15) is 18.0 Å². The molecular weight excluding hydrogens is 374 g/mol. The lowest BCUT2D eigenvalue weighted by Gasteiger charge is -2.11. The van der Waals surface area contributed by atoms with E-state index in [1.165, 1.54) is 6.07 Å². The maximum atomic E-state index is 12.6. The highest BCUT2D eigenvalue weighted by atomic mass is 79.9. The van der Waals surface area contributed by atoms with E-state index >= 15 is 0 Å². The average Bonchev–Trinajstić information content (AvgIpc) is 2.41. The molecule has 0 aliphatic carbocycles. The molecule has 8 heteroatoms. The van der Waals surface area contributed by atoms with Crippen LogP contribution >= 0.6 is 27.5 Å². The molecule has 1 aromatic rings. The van der Waals surface area contributed by atoms with Gasteiger partial charge in [0.15, 0.2) is 0 Å². The van der Waals surface area contributed by atoms with Crippen LogP contribution in [-0.4, -0.2) is 31.5 Å². The number of nitrogens with one attached hydrogen (secondary N) is 1. The van der Waals surface area contributed by atoms with Gasteiger partial charge < -0.3 is 10.1 Å². The molecular formula is C13H14BrClF3NO2. The highest BCUT2D eigenvalue weighted by Crippen LogP contribution is 2.31. The molecule has 21 heavy (non-hydrogen) atoms. The molecule has 0 heterocycles. The van der Waals surface area contributed by atoms with Crippen LogP contribution in [0.5, 0.6) is 0 Å². The number of amides is 1. The van der Waals surface area contributed by atoms with E-state index in [4.69, 9.17) is 16.3 Å². The fourth-order valence-corrected chi connectivity index (χ4v) is 2.04. The third kappa shape index (κ3) is 6.23. The van der Waals surface area contributed by atoms with Crippen molar-refractivity contribution in [2.24, 2.45) is 0 Å². The Morgan fingerprint density at radius 1 is 1.33 bits per heavy atom. The van der Waals surface area contributed by atoms with Crippen LogP contribution in [0.25, 0.3) is 0 Å². The molecule has 0 bridgehead atoms. The number of alkyl halides is 4. The lowest BCUT2D eigenvalue weighted by Crippen LogP contribution is -2.26. The van der Waals surface area contributed by atoms with Gasteiger partial charge in [-0.3, -0.25) is 4.79 Å². The molecule has 0 aromatic heterocycles. The molecule has 0 aliphatic heterocycles. The summed E-state index contributed by atoms with van der Waals surface area (Å²) in [5, 5.41) is 2.55. The molecule has 0 radical (unpaired) electrons. The fourth-order valence-electron chi connectivity index (χ4n) is 1.50. The number of ether oxygens (including phenoxy) is 1. The molecule has 1 N–H and O–H groups in total. The van der Waals surface area contributed by atoms with Crippen molar-refractivity contribution in [3.05, 3.63) is 33.8 Å². The van der Waals surface area contributed by atoms with Crippen LogP contribution in [0.2, 0.25) is 0 Å². The second-order valence-corrected chi connectivity index (χ2v) is 5.34. The van der Waals surface area contributed by atoms with Crippen LogP contribution in [0.15, 0.2) is 22.7 Å². The Hall–Kier alpha value is -0.790. The Kier molecular flexibility index (Phi) is 7.48. The van der Waals surface area contributed by atoms with E-state index < -0.39 is 17.6 Å². The minimum absolute atomic E-state index is 0.0495. The first kappa shape index (κ1) is 18.3. The van der Waals surface area contributed by atoms with Gasteiger partial charge in [0.1, 0.15) is 0 Å². The highest BCUT2D eigenvalue weighted by Gasteiger charge is 2.31. The Morgan fingerprint density at radius 2 is 2.05 bits per heavy atom. The van der Waals surface area contributed by atoms with E-state index in [-0.39, 0.29) is 5.56 Å². The summed E-state index contributed by atoms with van der Waals surface area (Å²) in [5.74, 6) is -0.172. The number of halogens is 5. The third-order valence-electron chi connectivity index (χ3n) is 2.51. The van der Waals surface area contributed by atoms with Crippen LogP contribution < -0.4 is 5.32 Å². The maximum absolute atomic E-state index is 12.6. The van der Waals surface area contributed by atoms with Gasteiger partial charge in [-0.25, -0.2) is 0 Å². The van der Waals surface area contributed by atoms with Crippen molar-refractivity contribution in [1.82, 2.24) is 5.32 Å². The largest absolute Gasteiger partial charge is 0.416 e. The fraction of sp³-hybridized carbons (Fsp3) is 0.462. The molecule has 0 unspecified atom stereocenters. The number of carbonyl (C=O) groups excluding carboxylic acids is 1. The number of carbonyl (C=O) groups is 1. The summed E-state index contributed by atoms with van der Waals surface area (Å²) < 4.78 is 43.3. The first-order valence-electron chi connectivity index (χ1n) is 6.15. The zero-order chi connectivity index (χ0) is 15.9. The molecule has 0 atom stereocenters. The average molecular weight is 389 g/mol. The zero-order valence-corrected chi connectivity index (χ0v) is 13.3. The Bertz CT molecular complexity index is 483. The predicted octanol–water partition coefficient (Wildman–Crippen LogP) is 3.84. The number of rotatable bonds is 7. The summed E-state index contributed by atoms with van der Waals surface area (Å²) in [4.78, 5) is 11.9. The standard InChI is InChI=1S/C13H14BrClF3NO2/c14-11-3-2-9(13(16,17)18)8-10(11)12(20)19-5-1-6-21-7-4-15/h2-3,8H,1,4-7H2,(H,19,20). The Balaban J connectivity index is 2.57. The van der Waals surface area contributed by atoms with E-state index in [2.05, 4.69) is 21.2 Å². The molecule has 0 spiro atoms. The van der Waals surface area contributed by atoms with Crippen LogP contribution in [0, 0.1) is 0 Å². The summed E-state index contributed by atoms with van der Waals surface area (Å²) in [6.45, 7) is 1.16. The van der Waals surface area contributed by atoms with Crippen LogP contribution in [0.4, 0.5) is 13.2 Å². The number of hydrogen-bond acceptors (Lipinski definition) is 2. The molecule has 0 fully saturated rings. The molecule has 1 rings (SSSR count). The Labute approximate surface area is 133 Å². The van der Waals surface area contributed by atoms with Gasteiger partial charge in [-0.2, -0.15) is 13.2 Å². The smallest absolute Gasteiger partial charge is 0.380 e. The lowest BCUT2D eigenvalue weighted by molar-refractivity contribution is -0.137. The van der Waals surface area contributed by atoms with Gasteiger partial charge in [-0.1, -0.05) is 0 Å².